The van der Waals surface area contributed by atoms with Gasteiger partial charge in [0.25, 0.3) is 6.01 Å². The Balaban J connectivity index is 1.40. The van der Waals surface area contributed by atoms with E-state index in [1.165, 1.54) is 0 Å². The summed E-state index contributed by atoms with van der Waals surface area (Å²) in [6.07, 6.45) is 0.857. The summed E-state index contributed by atoms with van der Waals surface area (Å²) in [5.41, 5.74) is 7.24. The number of β-amino-alcohol motifs (C(OH)–C–C–N with tert-alkyl or cyclic N) is 1. The number of aliphatic hydroxyl groups excluding tert-OH is 1. The van der Waals surface area contributed by atoms with Crippen molar-refractivity contribution < 1.29 is 14.3 Å². The normalized spacial score (nSPS) is 25.1. The van der Waals surface area contributed by atoms with Crippen molar-refractivity contribution in [3.8, 4) is 0 Å². The number of likely N-dealkylation sites (tertiary alicyclic amines) is 1. The Hall–Kier alpha value is -1.83. The van der Waals surface area contributed by atoms with Crippen molar-refractivity contribution in [2.24, 2.45) is 11.7 Å². The van der Waals surface area contributed by atoms with Crippen LogP contribution in [0.25, 0.3) is 11.1 Å². The Kier molecular flexibility index (Phi) is 4.31. The summed E-state index contributed by atoms with van der Waals surface area (Å²) < 4.78 is 5.80. The van der Waals surface area contributed by atoms with E-state index in [0.29, 0.717) is 42.8 Å². The number of amides is 1. The molecule has 4 rings (SSSR count). The van der Waals surface area contributed by atoms with Gasteiger partial charge in [0, 0.05) is 49.2 Å². The SMILES string of the molecule is N[C@@H]1CN(C(=O)C2CCN(c3nc4ccc(Cl)cc4o3)CC2)C[C@H]1O. The van der Waals surface area contributed by atoms with E-state index in [9.17, 15) is 9.90 Å². The van der Waals surface area contributed by atoms with Crippen LogP contribution in [0.3, 0.4) is 0 Å². The fraction of sp³-hybridized carbons (Fsp3) is 0.529. The number of rotatable bonds is 2. The summed E-state index contributed by atoms with van der Waals surface area (Å²) in [4.78, 5) is 20.8. The molecule has 0 unspecified atom stereocenters. The third kappa shape index (κ3) is 3.19. The maximum atomic E-state index is 12.6. The van der Waals surface area contributed by atoms with Crippen LogP contribution < -0.4 is 10.6 Å². The van der Waals surface area contributed by atoms with Crippen molar-refractivity contribution >= 4 is 34.6 Å². The minimum atomic E-state index is -0.615. The lowest BCUT2D eigenvalue weighted by Crippen LogP contribution is -2.42. The first kappa shape index (κ1) is 16.6. The van der Waals surface area contributed by atoms with Gasteiger partial charge in [0.15, 0.2) is 5.58 Å². The predicted octanol–water partition coefficient (Wildman–Crippen LogP) is 1.23. The van der Waals surface area contributed by atoms with E-state index in [1.54, 1.807) is 17.0 Å². The highest BCUT2D eigenvalue weighted by Gasteiger charge is 2.36. The molecule has 25 heavy (non-hydrogen) atoms. The average Bonchev–Trinajstić information content (AvgIpc) is 3.17. The summed E-state index contributed by atoms with van der Waals surface area (Å²) in [6.45, 7) is 2.19. The molecule has 0 radical (unpaired) electrons. The largest absolute Gasteiger partial charge is 0.423 e. The highest BCUT2D eigenvalue weighted by molar-refractivity contribution is 6.31. The van der Waals surface area contributed by atoms with E-state index in [-0.39, 0.29) is 17.9 Å². The summed E-state index contributed by atoms with van der Waals surface area (Å²) in [5, 5.41) is 10.4. The van der Waals surface area contributed by atoms with Crippen LogP contribution in [0.5, 0.6) is 0 Å². The number of carbonyl (C=O) groups is 1. The molecule has 2 aliphatic heterocycles. The van der Waals surface area contributed by atoms with Crippen LogP contribution in [0.15, 0.2) is 22.6 Å². The van der Waals surface area contributed by atoms with Gasteiger partial charge in [-0.15, -0.1) is 0 Å². The number of carbonyl (C=O) groups excluding carboxylic acids is 1. The summed E-state index contributed by atoms with van der Waals surface area (Å²) in [5.74, 6) is 0.0589. The highest BCUT2D eigenvalue weighted by atomic mass is 35.5. The number of oxazole rings is 1. The molecule has 0 aliphatic carbocycles. The minimum Gasteiger partial charge on any atom is -0.423 e. The quantitative estimate of drug-likeness (QED) is 0.832. The zero-order valence-electron chi connectivity index (χ0n) is 13.8. The van der Waals surface area contributed by atoms with Gasteiger partial charge in [-0.25, -0.2) is 0 Å². The van der Waals surface area contributed by atoms with Gasteiger partial charge >= 0.3 is 0 Å². The lowest BCUT2D eigenvalue weighted by molar-refractivity contribution is -0.135. The van der Waals surface area contributed by atoms with E-state index < -0.39 is 6.10 Å². The van der Waals surface area contributed by atoms with Gasteiger partial charge in [-0.05, 0) is 25.0 Å². The molecule has 0 bridgehead atoms. The Morgan fingerprint density at radius 2 is 2.08 bits per heavy atom. The molecule has 134 valence electrons. The molecule has 3 heterocycles. The van der Waals surface area contributed by atoms with Gasteiger partial charge in [-0.2, -0.15) is 4.98 Å². The molecule has 2 fully saturated rings. The van der Waals surface area contributed by atoms with Crippen molar-refractivity contribution in [3.63, 3.8) is 0 Å². The first-order valence-corrected chi connectivity index (χ1v) is 8.92. The van der Waals surface area contributed by atoms with E-state index in [0.717, 1.165) is 18.4 Å². The molecule has 2 aliphatic rings. The van der Waals surface area contributed by atoms with E-state index in [4.69, 9.17) is 21.8 Å². The number of piperidine rings is 1. The van der Waals surface area contributed by atoms with Crippen molar-refractivity contribution in [1.29, 1.82) is 0 Å². The molecule has 1 aromatic heterocycles. The Morgan fingerprint density at radius 1 is 1.32 bits per heavy atom. The lowest BCUT2D eigenvalue weighted by atomic mass is 9.95. The van der Waals surface area contributed by atoms with Crippen molar-refractivity contribution in [2.45, 2.75) is 25.0 Å². The molecule has 0 spiro atoms. The van der Waals surface area contributed by atoms with Crippen LogP contribution in [0, 0.1) is 5.92 Å². The number of nitrogens with two attached hydrogens (primary N) is 1. The lowest BCUT2D eigenvalue weighted by Gasteiger charge is -2.32. The predicted molar refractivity (Wildman–Crippen MR) is 94.5 cm³/mol. The van der Waals surface area contributed by atoms with Crippen LogP contribution >= 0.6 is 11.6 Å². The monoisotopic (exact) mass is 364 g/mol. The van der Waals surface area contributed by atoms with Crippen LogP contribution in [-0.4, -0.2) is 59.2 Å². The maximum Gasteiger partial charge on any atom is 0.298 e. The van der Waals surface area contributed by atoms with Gasteiger partial charge in [-0.1, -0.05) is 11.6 Å². The second kappa shape index (κ2) is 6.48. The maximum absolute atomic E-state index is 12.6. The van der Waals surface area contributed by atoms with E-state index in [2.05, 4.69) is 9.88 Å². The Morgan fingerprint density at radius 3 is 2.76 bits per heavy atom. The van der Waals surface area contributed by atoms with Gasteiger partial charge in [-0.3, -0.25) is 4.79 Å². The molecule has 2 saturated heterocycles. The zero-order valence-corrected chi connectivity index (χ0v) is 14.5. The smallest absolute Gasteiger partial charge is 0.298 e. The van der Waals surface area contributed by atoms with Crippen LogP contribution in [0.4, 0.5) is 6.01 Å². The first-order valence-electron chi connectivity index (χ1n) is 8.55. The molecule has 8 heteroatoms. The van der Waals surface area contributed by atoms with Crippen LogP contribution in [-0.2, 0) is 4.79 Å². The second-order valence-electron chi connectivity index (χ2n) is 6.84. The molecular weight excluding hydrogens is 344 g/mol. The number of nitrogens with zero attached hydrogens (tertiary/aromatic N) is 3. The number of benzene rings is 1. The Labute approximate surface area is 150 Å². The number of fused-ring (bicyclic) bond motifs is 1. The molecule has 0 saturated carbocycles. The molecular formula is C17H21ClN4O3. The molecule has 3 N–H and O–H groups in total. The van der Waals surface area contributed by atoms with Crippen LogP contribution in [0.1, 0.15) is 12.8 Å². The van der Waals surface area contributed by atoms with Crippen molar-refractivity contribution in [2.75, 3.05) is 31.1 Å². The number of aromatic nitrogens is 1. The molecule has 1 aromatic carbocycles. The van der Waals surface area contributed by atoms with Gasteiger partial charge in [0.05, 0.1) is 6.10 Å². The third-order valence-electron chi connectivity index (χ3n) is 5.10. The fourth-order valence-corrected chi connectivity index (χ4v) is 3.75. The zero-order chi connectivity index (χ0) is 17.6. The molecule has 1 amide bonds. The molecule has 2 atom stereocenters. The van der Waals surface area contributed by atoms with Gasteiger partial charge in [0.1, 0.15) is 5.52 Å². The number of hydrogen-bond acceptors (Lipinski definition) is 6. The van der Waals surface area contributed by atoms with Crippen molar-refractivity contribution in [3.05, 3.63) is 23.2 Å². The van der Waals surface area contributed by atoms with Crippen molar-refractivity contribution in [1.82, 2.24) is 9.88 Å². The Bertz CT molecular complexity index is 777. The third-order valence-corrected chi connectivity index (χ3v) is 5.33. The summed E-state index contributed by atoms with van der Waals surface area (Å²) >= 11 is 5.98. The average molecular weight is 365 g/mol. The van der Waals surface area contributed by atoms with Gasteiger partial charge in [0.2, 0.25) is 5.91 Å². The van der Waals surface area contributed by atoms with Crippen LogP contribution in [0.2, 0.25) is 5.02 Å². The minimum absolute atomic E-state index is 0.0347. The topological polar surface area (TPSA) is 95.8 Å². The van der Waals surface area contributed by atoms with Gasteiger partial charge < -0.3 is 25.1 Å². The first-order chi connectivity index (χ1) is 12.0. The fourth-order valence-electron chi connectivity index (χ4n) is 3.59. The number of hydrogen-bond donors (Lipinski definition) is 2. The molecule has 2 aromatic rings. The highest BCUT2D eigenvalue weighted by Crippen LogP contribution is 2.29. The number of halogens is 1. The van der Waals surface area contributed by atoms with E-state index in [1.807, 2.05) is 6.07 Å². The second-order valence-corrected chi connectivity index (χ2v) is 7.28. The number of anilines is 1. The standard InChI is InChI=1S/C17H21ClN4O3/c18-11-1-2-13-15(7-11)25-17(20-13)21-5-3-10(4-6-21)16(24)22-8-12(19)14(23)9-22/h1-2,7,10,12,14,23H,3-6,8-9,19H2/t12-,14-/m1/s1. The molecule has 7 nitrogen and oxygen atoms in total. The number of aliphatic hydroxyl groups is 1. The summed E-state index contributed by atoms with van der Waals surface area (Å²) in [7, 11) is 0. The van der Waals surface area contributed by atoms with E-state index >= 15 is 0 Å². The summed E-state index contributed by atoms with van der Waals surface area (Å²) in [6, 6.07) is 5.61.